The van der Waals surface area contributed by atoms with Crippen molar-refractivity contribution in [3.05, 3.63) is 54.1 Å². The third-order valence-electron chi connectivity index (χ3n) is 1.96. The second kappa shape index (κ2) is 4.22. The van der Waals surface area contributed by atoms with E-state index in [0.717, 1.165) is 18.2 Å². The van der Waals surface area contributed by atoms with Crippen LogP contribution in [0.4, 0.5) is 24.5 Å². The van der Waals surface area contributed by atoms with E-state index in [-0.39, 0.29) is 11.4 Å². The summed E-state index contributed by atoms with van der Waals surface area (Å²) in [6.45, 7) is 0. The number of aromatic nitrogens is 1. The third-order valence-corrected chi connectivity index (χ3v) is 1.96. The lowest BCUT2D eigenvalue weighted by Crippen LogP contribution is -1.98. The van der Waals surface area contributed by atoms with Crippen LogP contribution in [-0.4, -0.2) is 4.98 Å². The number of para-hydroxylation sites is 1. The van der Waals surface area contributed by atoms with Crippen molar-refractivity contribution in [1.29, 1.82) is 0 Å². The summed E-state index contributed by atoms with van der Waals surface area (Å²) in [4.78, 5) is 3.33. The van der Waals surface area contributed by atoms with Gasteiger partial charge in [0.05, 0.1) is 0 Å². The Morgan fingerprint density at radius 3 is 2.31 bits per heavy atom. The van der Waals surface area contributed by atoms with Gasteiger partial charge in [-0.05, 0) is 18.2 Å². The fourth-order valence-electron chi connectivity index (χ4n) is 1.24. The minimum Gasteiger partial charge on any atom is -0.351 e. The number of hydrogen-bond acceptors (Lipinski definition) is 2. The van der Waals surface area contributed by atoms with Gasteiger partial charge in [-0.25, -0.2) is 13.8 Å². The quantitative estimate of drug-likeness (QED) is 0.792. The first-order valence-electron chi connectivity index (χ1n) is 4.49. The van der Waals surface area contributed by atoms with Crippen molar-refractivity contribution < 1.29 is 13.2 Å². The molecule has 0 aliphatic rings. The largest absolute Gasteiger partial charge is 0.351 e. The molecule has 16 heavy (non-hydrogen) atoms. The summed E-state index contributed by atoms with van der Waals surface area (Å²) < 4.78 is 39.2. The Kier molecular flexibility index (Phi) is 2.76. The summed E-state index contributed by atoms with van der Waals surface area (Å²) in [7, 11) is 0. The zero-order chi connectivity index (χ0) is 11.5. The molecule has 1 aromatic carbocycles. The molecule has 0 aliphatic heterocycles. The predicted molar refractivity (Wildman–Crippen MR) is 53.8 cm³/mol. The van der Waals surface area contributed by atoms with E-state index in [4.69, 9.17) is 0 Å². The van der Waals surface area contributed by atoms with Gasteiger partial charge in [0.15, 0.2) is 0 Å². The highest BCUT2D eigenvalue weighted by atomic mass is 19.1. The van der Waals surface area contributed by atoms with Crippen molar-refractivity contribution in [2.75, 3.05) is 5.32 Å². The topological polar surface area (TPSA) is 24.9 Å². The first-order valence-corrected chi connectivity index (χ1v) is 4.49. The molecule has 2 nitrogen and oxygen atoms in total. The Bertz CT molecular complexity index is 494. The van der Waals surface area contributed by atoms with Gasteiger partial charge in [-0.15, -0.1) is 0 Å². The highest BCUT2D eigenvalue weighted by Crippen LogP contribution is 2.22. The molecule has 0 saturated heterocycles. The van der Waals surface area contributed by atoms with Crippen LogP contribution in [0.3, 0.4) is 0 Å². The molecular weight excluding hydrogens is 217 g/mol. The fourth-order valence-corrected chi connectivity index (χ4v) is 1.24. The molecular formula is C11H7F3N2. The van der Waals surface area contributed by atoms with Crippen LogP contribution in [-0.2, 0) is 0 Å². The van der Waals surface area contributed by atoms with Crippen LogP contribution in [0.1, 0.15) is 0 Å². The molecule has 82 valence electrons. The Morgan fingerprint density at radius 2 is 1.69 bits per heavy atom. The van der Waals surface area contributed by atoms with Gasteiger partial charge in [0.1, 0.15) is 17.3 Å². The summed E-state index contributed by atoms with van der Waals surface area (Å²) in [6, 6.07) is 5.94. The van der Waals surface area contributed by atoms with Crippen LogP contribution >= 0.6 is 0 Å². The molecule has 1 N–H and O–H groups in total. The normalized spacial score (nSPS) is 10.2. The van der Waals surface area contributed by atoms with E-state index < -0.39 is 17.6 Å². The molecule has 0 fully saturated rings. The van der Waals surface area contributed by atoms with Gasteiger partial charge < -0.3 is 5.32 Å². The number of pyridine rings is 1. The standard InChI is InChI=1S/C11H7F3N2/c12-8-2-1-3-9(13)11(8)16-7-4-5-15-10(14)6-7/h1-6H,(H,15,16). The van der Waals surface area contributed by atoms with Gasteiger partial charge in [0.25, 0.3) is 0 Å². The molecule has 2 rings (SSSR count). The van der Waals surface area contributed by atoms with Crippen LogP contribution in [0, 0.1) is 17.6 Å². The first-order chi connectivity index (χ1) is 7.66. The maximum absolute atomic E-state index is 13.2. The van der Waals surface area contributed by atoms with Crippen LogP contribution < -0.4 is 5.32 Å². The Balaban J connectivity index is 2.34. The number of halogens is 3. The first kappa shape index (κ1) is 10.5. The molecule has 1 heterocycles. The molecule has 0 spiro atoms. The van der Waals surface area contributed by atoms with Crippen molar-refractivity contribution in [3.8, 4) is 0 Å². The lowest BCUT2D eigenvalue weighted by atomic mass is 10.2. The molecule has 0 aliphatic carbocycles. The average molecular weight is 224 g/mol. The van der Waals surface area contributed by atoms with E-state index in [0.29, 0.717) is 0 Å². The Morgan fingerprint density at radius 1 is 1.00 bits per heavy atom. The lowest BCUT2D eigenvalue weighted by Gasteiger charge is -2.07. The molecule has 5 heteroatoms. The van der Waals surface area contributed by atoms with E-state index in [1.165, 1.54) is 18.3 Å². The number of anilines is 2. The highest BCUT2D eigenvalue weighted by molar-refractivity contribution is 5.60. The van der Waals surface area contributed by atoms with Crippen molar-refractivity contribution in [3.63, 3.8) is 0 Å². The van der Waals surface area contributed by atoms with Crippen molar-refractivity contribution >= 4 is 11.4 Å². The number of hydrogen-bond donors (Lipinski definition) is 1. The Labute approximate surface area is 89.8 Å². The van der Waals surface area contributed by atoms with Crippen LogP contribution in [0.25, 0.3) is 0 Å². The van der Waals surface area contributed by atoms with Crippen molar-refractivity contribution in [2.24, 2.45) is 0 Å². The van der Waals surface area contributed by atoms with Crippen molar-refractivity contribution in [2.45, 2.75) is 0 Å². The number of nitrogens with one attached hydrogen (secondary N) is 1. The second-order valence-corrected chi connectivity index (χ2v) is 3.09. The maximum Gasteiger partial charge on any atom is 0.214 e. The van der Waals surface area contributed by atoms with Gasteiger partial charge >= 0.3 is 0 Å². The highest BCUT2D eigenvalue weighted by Gasteiger charge is 2.08. The molecule has 0 amide bonds. The summed E-state index contributed by atoms with van der Waals surface area (Å²) in [5.41, 5.74) is -0.0791. The molecule has 2 aromatic rings. The molecule has 1 aromatic heterocycles. The van der Waals surface area contributed by atoms with E-state index in [9.17, 15) is 13.2 Å². The van der Waals surface area contributed by atoms with E-state index in [1.807, 2.05) is 0 Å². The zero-order valence-corrected chi connectivity index (χ0v) is 8.05. The Hall–Kier alpha value is -2.04. The fraction of sp³-hybridized carbons (Fsp3) is 0. The second-order valence-electron chi connectivity index (χ2n) is 3.09. The van der Waals surface area contributed by atoms with E-state index in [2.05, 4.69) is 10.3 Å². The predicted octanol–water partition coefficient (Wildman–Crippen LogP) is 3.24. The maximum atomic E-state index is 13.2. The van der Waals surface area contributed by atoms with E-state index >= 15 is 0 Å². The minimum absolute atomic E-state index is 0.233. The van der Waals surface area contributed by atoms with Crippen LogP contribution in [0.5, 0.6) is 0 Å². The summed E-state index contributed by atoms with van der Waals surface area (Å²) in [5, 5.41) is 2.45. The summed E-state index contributed by atoms with van der Waals surface area (Å²) in [6.07, 6.45) is 1.20. The third kappa shape index (κ3) is 2.13. The van der Waals surface area contributed by atoms with Crippen molar-refractivity contribution in [1.82, 2.24) is 4.98 Å². The number of benzene rings is 1. The van der Waals surface area contributed by atoms with Gasteiger partial charge in [-0.3, -0.25) is 0 Å². The van der Waals surface area contributed by atoms with Gasteiger partial charge in [-0.1, -0.05) is 6.07 Å². The molecule has 0 saturated carbocycles. The number of nitrogens with zero attached hydrogens (tertiary/aromatic N) is 1. The SMILES string of the molecule is Fc1cc(Nc2c(F)cccc2F)ccn1. The smallest absolute Gasteiger partial charge is 0.214 e. The molecule has 0 bridgehead atoms. The van der Waals surface area contributed by atoms with Crippen LogP contribution in [0.15, 0.2) is 36.5 Å². The lowest BCUT2D eigenvalue weighted by molar-refractivity contribution is 0.582. The minimum atomic E-state index is -0.739. The molecule has 0 radical (unpaired) electrons. The molecule has 0 atom stereocenters. The van der Waals surface area contributed by atoms with Crippen LogP contribution in [0.2, 0.25) is 0 Å². The summed E-state index contributed by atoms with van der Waals surface area (Å²) >= 11 is 0. The number of rotatable bonds is 2. The van der Waals surface area contributed by atoms with Gasteiger partial charge in [0.2, 0.25) is 5.95 Å². The summed E-state index contributed by atoms with van der Waals surface area (Å²) in [5.74, 6) is -2.20. The van der Waals surface area contributed by atoms with Gasteiger partial charge in [0, 0.05) is 18.0 Å². The van der Waals surface area contributed by atoms with Gasteiger partial charge in [-0.2, -0.15) is 4.39 Å². The molecule has 0 unspecified atom stereocenters. The average Bonchev–Trinajstić information content (AvgIpc) is 2.24. The monoisotopic (exact) mass is 224 g/mol. The van der Waals surface area contributed by atoms with E-state index in [1.54, 1.807) is 0 Å². The zero-order valence-electron chi connectivity index (χ0n) is 8.05.